The minimum absolute atomic E-state index is 0.0299. The van der Waals surface area contributed by atoms with Crippen LogP contribution in [-0.2, 0) is 22.6 Å². The van der Waals surface area contributed by atoms with Gasteiger partial charge in [-0.1, -0.05) is 30.7 Å². The van der Waals surface area contributed by atoms with Crippen molar-refractivity contribution in [1.29, 1.82) is 0 Å². The summed E-state index contributed by atoms with van der Waals surface area (Å²) in [5.74, 6) is -1.60. The first kappa shape index (κ1) is 18.2. The van der Waals surface area contributed by atoms with E-state index in [2.05, 4.69) is 6.58 Å². The summed E-state index contributed by atoms with van der Waals surface area (Å²) in [5, 5.41) is 20.0. The predicted octanol–water partition coefficient (Wildman–Crippen LogP) is 4.00. The second-order valence-corrected chi connectivity index (χ2v) is 7.13. The zero-order valence-corrected chi connectivity index (χ0v) is 15.2. The second kappa shape index (κ2) is 6.98. The van der Waals surface area contributed by atoms with Gasteiger partial charge in [-0.25, -0.2) is 4.79 Å². The molecule has 2 atom stereocenters. The molecule has 5 nitrogen and oxygen atoms in total. The molecule has 1 aromatic rings. The molecule has 26 heavy (non-hydrogen) atoms. The number of phenolic OH excluding ortho intramolecular Hbond substituents is 1. The summed E-state index contributed by atoms with van der Waals surface area (Å²) in [5.41, 5.74) is 4.32. The Balaban J connectivity index is 1.96. The molecule has 1 fully saturated rings. The lowest BCUT2D eigenvalue weighted by Gasteiger charge is -2.18. The summed E-state index contributed by atoms with van der Waals surface area (Å²) < 4.78 is 5.07. The van der Waals surface area contributed by atoms with E-state index in [1.807, 2.05) is 19.9 Å². The monoisotopic (exact) mass is 356 g/mol. The number of phenols is 1. The molecule has 0 saturated heterocycles. The van der Waals surface area contributed by atoms with Gasteiger partial charge in [-0.3, -0.25) is 4.79 Å². The van der Waals surface area contributed by atoms with Crippen molar-refractivity contribution >= 4 is 18.0 Å². The number of esters is 1. The highest BCUT2D eigenvalue weighted by Gasteiger charge is 2.34. The molecule has 2 N–H and O–H groups in total. The average Bonchev–Trinajstić information content (AvgIpc) is 3.23. The van der Waals surface area contributed by atoms with Gasteiger partial charge in [-0.05, 0) is 50.2 Å². The van der Waals surface area contributed by atoms with E-state index in [0.29, 0.717) is 24.0 Å². The Morgan fingerprint density at radius 1 is 1.35 bits per heavy atom. The van der Waals surface area contributed by atoms with Crippen LogP contribution in [0.4, 0.5) is 0 Å². The van der Waals surface area contributed by atoms with Crippen LogP contribution in [-0.4, -0.2) is 22.2 Å². The van der Waals surface area contributed by atoms with Crippen LogP contribution < -0.4 is 0 Å². The van der Waals surface area contributed by atoms with Crippen LogP contribution in [0, 0.1) is 18.8 Å². The van der Waals surface area contributed by atoms with Crippen molar-refractivity contribution in [3.63, 3.8) is 0 Å². The first-order valence-corrected chi connectivity index (χ1v) is 8.93. The quantitative estimate of drug-likeness (QED) is 0.615. The molecule has 1 saturated carbocycles. The highest BCUT2D eigenvalue weighted by Crippen LogP contribution is 2.40. The van der Waals surface area contributed by atoms with Gasteiger partial charge in [0.1, 0.15) is 17.9 Å². The molecule has 0 radical (unpaired) electrons. The maximum absolute atomic E-state index is 12.0. The van der Waals surface area contributed by atoms with E-state index in [1.165, 1.54) is 0 Å². The van der Waals surface area contributed by atoms with Gasteiger partial charge in [0.25, 0.3) is 0 Å². The van der Waals surface area contributed by atoms with Crippen molar-refractivity contribution in [2.75, 3.05) is 0 Å². The van der Waals surface area contributed by atoms with Crippen LogP contribution in [0.1, 0.15) is 58.8 Å². The number of carbonyl (C=O) groups excluding carboxylic acids is 1. The van der Waals surface area contributed by atoms with E-state index in [-0.39, 0.29) is 29.8 Å². The fourth-order valence-electron chi connectivity index (χ4n) is 4.31. The number of benzene rings is 1. The molecule has 2 aliphatic rings. The minimum Gasteiger partial charge on any atom is -0.507 e. The zero-order chi connectivity index (χ0) is 19.0. The molecule has 0 aromatic heterocycles. The minimum atomic E-state index is -0.744. The normalized spacial score (nSPS) is 22.2. The van der Waals surface area contributed by atoms with Crippen molar-refractivity contribution < 1.29 is 24.5 Å². The van der Waals surface area contributed by atoms with Crippen LogP contribution in [0.3, 0.4) is 0 Å². The molecule has 1 heterocycles. The Hall–Kier alpha value is -2.56. The number of carboxylic acids is 1. The molecular weight excluding hydrogens is 332 g/mol. The third-order valence-corrected chi connectivity index (χ3v) is 5.81. The number of ether oxygens (including phenoxy) is 1. The van der Waals surface area contributed by atoms with E-state index >= 15 is 0 Å². The second-order valence-electron chi connectivity index (χ2n) is 7.13. The van der Waals surface area contributed by atoms with Crippen LogP contribution in [0.15, 0.2) is 18.2 Å². The summed E-state index contributed by atoms with van der Waals surface area (Å²) in [7, 11) is 0. The number of hydrogen-bond acceptors (Lipinski definition) is 4. The van der Waals surface area contributed by atoms with Crippen molar-refractivity contribution in [2.24, 2.45) is 11.8 Å². The number of allylic oxidation sites excluding steroid dienone is 2. The summed E-state index contributed by atoms with van der Waals surface area (Å²) in [6.07, 6.45) is 6.57. The summed E-state index contributed by atoms with van der Waals surface area (Å²) in [6.45, 7) is 7.86. The number of rotatable bonds is 5. The molecule has 0 spiro atoms. The molecule has 2 unspecified atom stereocenters. The fraction of sp³-hybridized carbons (Fsp3) is 0.429. The number of aromatic hydroxyl groups is 1. The standard InChI is InChI=1S/C21H24O5/c1-4-13-12(3)17-10-26-21(25)18(17)19(22)15(13)9-8-11(2)14-6-5-7-16(14)20(23)24/h4,8,14,16,22H,1,5-7,9-10H2,2-3H3,(H,23,24). The predicted molar refractivity (Wildman–Crippen MR) is 98.0 cm³/mol. The van der Waals surface area contributed by atoms with Gasteiger partial charge in [-0.15, -0.1) is 0 Å². The van der Waals surface area contributed by atoms with E-state index in [9.17, 15) is 19.8 Å². The molecule has 138 valence electrons. The fourth-order valence-corrected chi connectivity index (χ4v) is 4.31. The zero-order valence-electron chi connectivity index (χ0n) is 15.2. The van der Waals surface area contributed by atoms with Crippen LogP contribution in [0.25, 0.3) is 6.08 Å². The van der Waals surface area contributed by atoms with Crippen molar-refractivity contribution in [2.45, 2.75) is 46.1 Å². The third-order valence-electron chi connectivity index (χ3n) is 5.81. The Bertz CT molecular complexity index is 818. The van der Waals surface area contributed by atoms with E-state index < -0.39 is 11.9 Å². The highest BCUT2D eigenvalue weighted by molar-refractivity contribution is 5.98. The maximum Gasteiger partial charge on any atom is 0.342 e. The summed E-state index contributed by atoms with van der Waals surface area (Å²) >= 11 is 0. The van der Waals surface area contributed by atoms with E-state index in [1.54, 1.807) is 6.08 Å². The number of carboxylic acid groups (broad SMARTS) is 1. The number of cyclic esters (lactones) is 1. The van der Waals surface area contributed by atoms with Gasteiger partial charge < -0.3 is 14.9 Å². The van der Waals surface area contributed by atoms with Crippen LogP contribution in [0.5, 0.6) is 5.75 Å². The Kier molecular flexibility index (Phi) is 4.90. The molecule has 3 rings (SSSR count). The van der Waals surface area contributed by atoms with Crippen LogP contribution in [0.2, 0.25) is 0 Å². The summed E-state index contributed by atoms with van der Waals surface area (Å²) in [4.78, 5) is 23.4. The third kappa shape index (κ3) is 2.91. The molecule has 5 heteroatoms. The molecule has 1 aromatic carbocycles. The molecule has 1 aliphatic carbocycles. The average molecular weight is 356 g/mol. The SMILES string of the molecule is C=Cc1c(C)c2c(c(O)c1CC=C(C)C1CCCC1C(=O)O)C(=O)OC2. The van der Waals surface area contributed by atoms with Crippen molar-refractivity contribution in [3.05, 3.63) is 46.0 Å². The van der Waals surface area contributed by atoms with Gasteiger partial charge >= 0.3 is 11.9 Å². The Morgan fingerprint density at radius 2 is 2.04 bits per heavy atom. The van der Waals surface area contributed by atoms with Crippen molar-refractivity contribution in [3.8, 4) is 5.75 Å². The van der Waals surface area contributed by atoms with Gasteiger partial charge in [0.2, 0.25) is 0 Å². The number of fused-ring (bicyclic) bond motifs is 1. The number of carbonyl (C=O) groups is 2. The first-order valence-electron chi connectivity index (χ1n) is 8.93. The van der Waals surface area contributed by atoms with Gasteiger partial charge in [0.15, 0.2) is 0 Å². The smallest absolute Gasteiger partial charge is 0.342 e. The Labute approximate surface area is 153 Å². The molecule has 0 amide bonds. The van der Waals surface area contributed by atoms with Crippen molar-refractivity contribution in [1.82, 2.24) is 0 Å². The Morgan fingerprint density at radius 3 is 2.69 bits per heavy atom. The number of hydrogen-bond donors (Lipinski definition) is 2. The lowest BCUT2D eigenvalue weighted by atomic mass is 9.87. The molecule has 0 bridgehead atoms. The lowest BCUT2D eigenvalue weighted by Crippen LogP contribution is -2.19. The van der Waals surface area contributed by atoms with E-state index in [4.69, 9.17) is 4.74 Å². The topological polar surface area (TPSA) is 83.8 Å². The van der Waals surface area contributed by atoms with Gasteiger partial charge in [0.05, 0.1) is 5.92 Å². The lowest BCUT2D eigenvalue weighted by molar-refractivity contribution is -0.142. The number of aliphatic carboxylic acids is 1. The van der Waals surface area contributed by atoms with E-state index in [0.717, 1.165) is 29.5 Å². The van der Waals surface area contributed by atoms with Gasteiger partial charge in [-0.2, -0.15) is 0 Å². The summed E-state index contributed by atoms with van der Waals surface area (Å²) in [6, 6.07) is 0. The highest BCUT2D eigenvalue weighted by atomic mass is 16.5. The van der Waals surface area contributed by atoms with Gasteiger partial charge in [0, 0.05) is 11.1 Å². The molecule has 1 aliphatic heterocycles. The molecular formula is C21H24O5. The first-order chi connectivity index (χ1) is 12.4. The van der Waals surface area contributed by atoms with Crippen LogP contribution >= 0.6 is 0 Å². The largest absolute Gasteiger partial charge is 0.507 e. The maximum atomic E-state index is 12.0.